The molecular formula is C11H12BN3O5. The number of nitrogens with zero attached hydrogens (tertiary/aromatic N) is 3. The fourth-order valence-corrected chi connectivity index (χ4v) is 1.52. The van der Waals surface area contributed by atoms with E-state index < -0.39 is 13.3 Å². The molecule has 2 heterocycles. The summed E-state index contributed by atoms with van der Waals surface area (Å²) in [6.07, 6.45) is 4.46. The van der Waals surface area contributed by atoms with Gasteiger partial charge in [0.25, 0.3) is 0 Å². The van der Waals surface area contributed by atoms with Crippen LogP contribution in [0.4, 0.5) is 0 Å². The lowest BCUT2D eigenvalue weighted by atomic mass is 10.2. The van der Waals surface area contributed by atoms with E-state index in [0.717, 1.165) is 0 Å². The number of carbonyl (C=O) groups excluding carboxylic acids is 1. The minimum absolute atomic E-state index is 0.0951. The maximum atomic E-state index is 11.7. The van der Waals surface area contributed by atoms with Gasteiger partial charge in [-0.05, 0) is 19.1 Å². The van der Waals surface area contributed by atoms with Crippen LogP contribution >= 0.6 is 0 Å². The van der Waals surface area contributed by atoms with Crippen molar-refractivity contribution in [3.8, 4) is 11.4 Å². The Kier molecular flexibility index (Phi) is 4.33. The molecule has 8 nitrogen and oxygen atoms in total. The summed E-state index contributed by atoms with van der Waals surface area (Å²) in [5.41, 5.74) is 0.434. The fraction of sp³-hybridized carbons (Fsp3) is 0.182. The second kappa shape index (κ2) is 6.17. The molecule has 0 aliphatic heterocycles. The van der Waals surface area contributed by atoms with Crippen LogP contribution in [0.5, 0.6) is 5.75 Å². The molecule has 0 saturated heterocycles. The van der Waals surface area contributed by atoms with E-state index in [2.05, 4.69) is 10.1 Å². The third-order valence-electron chi connectivity index (χ3n) is 2.29. The first-order valence-corrected chi connectivity index (χ1v) is 5.81. The molecule has 0 radical (unpaired) electrons. The predicted octanol–water partition coefficient (Wildman–Crippen LogP) is -0.208. The van der Waals surface area contributed by atoms with Crippen molar-refractivity contribution in [3.05, 3.63) is 36.4 Å². The van der Waals surface area contributed by atoms with Crippen LogP contribution in [0, 0.1) is 0 Å². The zero-order valence-electron chi connectivity index (χ0n) is 10.6. The van der Waals surface area contributed by atoms with Gasteiger partial charge in [-0.1, -0.05) is 0 Å². The number of pyridine rings is 1. The maximum absolute atomic E-state index is 11.7. The van der Waals surface area contributed by atoms with Crippen molar-refractivity contribution >= 4 is 13.3 Å². The standard InChI is InChI=1S/C11H12BN3O5/c1-2-19-11(16)10-9(20-12(17)18)7-15(14-10)8-4-3-5-13-6-8/h3-7,17-18H,2H2,1H3. The molecule has 2 rings (SSSR count). The van der Waals surface area contributed by atoms with Crippen molar-refractivity contribution in [2.75, 3.05) is 6.61 Å². The Morgan fingerprint density at radius 3 is 2.90 bits per heavy atom. The molecule has 0 bridgehead atoms. The smallest absolute Gasteiger partial charge is 0.509 e. The summed E-state index contributed by atoms with van der Waals surface area (Å²) in [6.45, 7) is 1.82. The van der Waals surface area contributed by atoms with Crippen LogP contribution in [0.2, 0.25) is 0 Å². The van der Waals surface area contributed by atoms with Gasteiger partial charge in [-0.25, -0.2) is 9.48 Å². The molecule has 9 heteroatoms. The lowest BCUT2D eigenvalue weighted by molar-refractivity contribution is 0.0516. The number of esters is 1. The molecule has 0 fully saturated rings. The Labute approximate surface area is 114 Å². The molecule has 0 aromatic carbocycles. The Morgan fingerprint density at radius 2 is 2.30 bits per heavy atom. The molecule has 0 amide bonds. The molecule has 0 atom stereocenters. The highest BCUT2D eigenvalue weighted by molar-refractivity contribution is 6.34. The van der Waals surface area contributed by atoms with E-state index in [1.807, 2.05) is 0 Å². The molecule has 0 saturated carbocycles. The number of ether oxygens (including phenoxy) is 1. The van der Waals surface area contributed by atoms with Crippen molar-refractivity contribution in [3.63, 3.8) is 0 Å². The van der Waals surface area contributed by atoms with Crippen LogP contribution in [0.15, 0.2) is 30.7 Å². The van der Waals surface area contributed by atoms with Gasteiger partial charge in [-0.15, -0.1) is 0 Å². The summed E-state index contributed by atoms with van der Waals surface area (Å²) in [6, 6.07) is 3.41. The van der Waals surface area contributed by atoms with Crippen LogP contribution in [0.3, 0.4) is 0 Å². The molecule has 2 aromatic heterocycles. The van der Waals surface area contributed by atoms with E-state index in [0.29, 0.717) is 5.69 Å². The van der Waals surface area contributed by atoms with Crippen molar-refractivity contribution in [1.29, 1.82) is 0 Å². The van der Waals surface area contributed by atoms with E-state index in [1.165, 1.54) is 17.1 Å². The van der Waals surface area contributed by atoms with Crippen LogP contribution in [0.1, 0.15) is 17.4 Å². The molecule has 20 heavy (non-hydrogen) atoms. The second-order valence-corrected chi connectivity index (χ2v) is 3.66. The first kappa shape index (κ1) is 14.0. The SMILES string of the molecule is CCOC(=O)c1nn(-c2cccnc2)cc1OB(O)O. The first-order chi connectivity index (χ1) is 9.61. The lowest BCUT2D eigenvalue weighted by Crippen LogP contribution is -2.21. The van der Waals surface area contributed by atoms with Crippen molar-refractivity contribution in [2.45, 2.75) is 6.92 Å². The van der Waals surface area contributed by atoms with Gasteiger partial charge < -0.3 is 19.4 Å². The summed E-state index contributed by atoms with van der Waals surface area (Å²) >= 11 is 0. The third kappa shape index (κ3) is 3.14. The number of rotatable bonds is 5. The minimum atomic E-state index is -2.06. The van der Waals surface area contributed by atoms with E-state index in [1.54, 1.807) is 25.3 Å². The third-order valence-corrected chi connectivity index (χ3v) is 2.29. The highest BCUT2D eigenvalue weighted by Gasteiger charge is 2.24. The highest BCUT2D eigenvalue weighted by atomic mass is 16.6. The first-order valence-electron chi connectivity index (χ1n) is 5.81. The monoisotopic (exact) mass is 277 g/mol. The average Bonchev–Trinajstić information content (AvgIpc) is 2.83. The predicted molar refractivity (Wildman–Crippen MR) is 68.1 cm³/mol. The van der Waals surface area contributed by atoms with Gasteiger partial charge in [-0.2, -0.15) is 5.10 Å². The molecular weight excluding hydrogens is 265 g/mol. The molecule has 0 aliphatic rings. The Hall–Kier alpha value is -2.39. The summed E-state index contributed by atoms with van der Waals surface area (Å²) in [5.74, 6) is -0.812. The summed E-state index contributed by atoms with van der Waals surface area (Å²) in [7, 11) is -2.06. The molecule has 0 unspecified atom stereocenters. The van der Waals surface area contributed by atoms with Gasteiger partial charge in [-0.3, -0.25) is 4.98 Å². The van der Waals surface area contributed by atoms with Gasteiger partial charge >= 0.3 is 13.3 Å². The van der Waals surface area contributed by atoms with E-state index in [9.17, 15) is 4.79 Å². The zero-order valence-corrected chi connectivity index (χ0v) is 10.6. The summed E-state index contributed by atoms with van der Waals surface area (Å²) < 4.78 is 10.9. The van der Waals surface area contributed by atoms with Gasteiger partial charge in [0.2, 0.25) is 5.69 Å². The average molecular weight is 277 g/mol. The topological polar surface area (TPSA) is 107 Å². The van der Waals surface area contributed by atoms with E-state index >= 15 is 0 Å². The molecule has 0 aliphatic carbocycles. The summed E-state index contributed by atoms with van der Waals surface area (Å²) in [5, 5.41) is 21.7. The Morgan fingerprint density at radius 1 is 1.50 bits per heavy atom. The van der Waals surface area contributed by atoms with Gasteiger partial charge in [0, 0.05) is 6.20 Å². The van der Waals surface area contributed by atoms with Crippen molar-refractivity contribution < 1.29 is 24.2 Å². The van der Waals surface area contributed by atoms with Gasteiger partial charge in [0.1, 0.15) is 0 Å². The lowest BCUT2D eigenvalue weighted by Gasteiger charge is -2.03. The maximum Gasteiger partial charge on any atom is 0.707 e. The van der Waals surface area contributed by atoms with Gasteiger partial charge in [0.05, 0.1) is 24.7 Å². The van der Waals surface area contributed by atoms with Crippen LogP contribution in [0.25, 0.3) is 5.69 Å². The fourth-order valence-electron chi connectivity index (χ4n) is 1.52. The largest absolute Gasteiger partial charge is 0.707 e. The molecule has 2 N–H and O–H groups in total. The van der Waals surface area contributed by atoms with Crippen LogP contribution in [-0.2, 0) is 4.74 Å². The van der Waals surface area contributed by atoms with Crippen LogP contribution in [-0.4, -0.2) is 44.7 Å². The minimum Gasteiger partial charge on any atom is -0.509 e. The molecule has 104 valence electrons. The highest BCUT2D eigenvalue weighted by Crippen LogP contribution is 2.20. The number of hydrogen-bond donors (Lipinski definition) is 2. The van der Waals surface area contributed by atoms with Crippen LogP contribution < -0.4 is 4.65 Å². The quantitative estimate of drug-likeness (QED) is 0.575. The van der Waals surface area contributed by atoms with Gasteiger partial charge in [0.15, 0.2) is 5.75 Å². The number of aromatic nitrogens is 3. The molecule has 0 spiro atoms. The molecule has 2 aromatic rings. The Balaban J connectivity index is 2.39. The van der Waals surface area contributed by atoms with E-state index in [-0.39, 0.29) is 18.1 Å². The second-order valence-electron chi connectivity index (χ2n) is 3.66. The van der Waals surface area contributed by atoms with Crippen molar-refractivity contribution in [2.24, 2.45) is 0 Å². The normalized spacial score (nSPS) is 10.2. The van der Waals surface area contributed by atoms with Crippen molar-refractivity contribution in [1.82, 2.24) is 14.8 Å². The van der Waals surface area contributed by atoms with E-state index in [4.69, 9.17) is 19.4 Å². The number of carbonyl (C=O) groups is 1. The Bertz CT molecular complexity index is 587. The zero-order chi connectivity index (χ0) is 14.5. The number of hydrogen-bond acceptors (Lipinski definition) is 7. The summed E-state index contributed by atoms with van der Waals surface area (Å²) in [4.78, 5) is 15.7.